The van der Waals surface area contributed by atoms with E-state index in [1.165, 1.54) is 42.7 Å². The number of benzene rings is 1. The molecule has 4 rings (SSSR count). The normalized spacial score (nSPS) is 14.3. The number of amides is 2. The number of aromatic nitrogens is 2. The Balaban J connectivity index is 1.30. The second kappa shape index (κ2) is 13.2. The summed E-state index contributed by atoms with van der Waals surface area (Å²) >= 11 is 0. The molecular weight excluding hydrogens is 525 g/mol. The first kappa shape index (κ1) is 28.7. The monoisotopic (exact) mass is 554 g/mol. The maximum atomic E-state index is 12.9. The van der Waals surface area contributed by atoms with Crippen LogP contribution in [-0.2, 0) is 15.7 Å². The molecule has 0 saturated carbocycles. The first-order valence-electron chi connectivity index (χ1n) is 12.6. The van der Waals surface area contributed by atoms with Crippen LogP contribution in [0, 0.1) is 0 Å². The molecule has 1 saturated heterocycles. The molecule has 1 aliphatic rings. The van der Waals surface area contributed by atoms with Gasteiger partial charge in [0.25, 0.3) is 5.91 Å². The molecule has 2 N–H and O–H groups in total. The predicted octanol–water partition coefficient (Wildman–Crippen LogP) is 4.17. The molecule has 9 nitrogen and oxygen atoms in total. The van der Waals surface area contributed by atoms with Crippen LogP contribution in [0.1, 0.15) is 21.5 Å². The van der Waals surface area contributed by atoms with Gasteiger partial charge in [-0.15, -0.1) is 0 Å². The predicted molar refractivity (Wildman–Crippen MR) is 146 cm³/mol. The van der Waals surface area contributed by atoms with Crippen LogP contribution >= 0.6 is 0 Å². The van der Waals surface area contributed by atoms with E-state index in [4.69, 9.17) is 4.74 Å². The van der Waals surface area contributed by atoms with Gasteiger partial charge >= 0.3 is 6.18 Å². The van der Waals surface area contributed by atoms with Gasteiger partial charge in [0.1, 0.15) is 5.82 Å². The van der Waals surface area contributed by atoms with Crippen molar-refractivity contribution in [2.75, 3.05) is 62.0 Å². The molecule has 3 aromatic rings. The molecule has 0 atom stereocenters. The minimum absolute atomic E-state index is 0.00278. The molecule has 3 heterocycles. The minimum atomic E-state index is -4.52. The number of hydrogen-bond acceptors (Lipinski definition) is 7. The van der Waals surface area contributed by atoms with Gasteiger partial charge in [0, 0.05) is 64.0 Å². The zero-order valence-electron chi connectivity index (χ0n) is 21.8. The number of nitrogens with zero attached hydrogens (tertiary/aromatic N) is 4. The Bertz CT molecular complexity index is 1340. The highest BCUT2D eigenvalue weighted by molar-refractivity contribution is 6.05. The fourth-order valence-corrected chi connectivity index (χ4v) is 4.09. The molecule has 1 aliphatic heterocycles. The average molecular weight is 555 g/mol. The van der Waals surface area contributed by atoms with Crippen LogP contribution in [0.5, 0.6) is 0 Å². The van der Waals surface area contributed by atoms with E-state index in [0.717, 1.165) is 50.5 Å². The lowest BCUT2D eigenvalue weighted by Crippen LogP contribution is -2.47. The number of methoxy groups -OCH3 is 1. The molecule has 0 aliphatic carbocycles. The summed E-state index contributed by atoms with van der Waals surface area (Å²) in [6.07, 6.45) is 2.69. The lowest BCUT2D eigenvalue weighted by Gasteiger charge is -2.35. The first-order chi connectivity index (χ1) is 19.2. The van der Waals surface area contributed by atoms with Crippen molar-refractivity contribution in [3.8, 4) is 0 Å². The van der Waals surface area contributed by atoms with Crippen LogP contribution in [0.4, 0.5) is 30.4 Å². The molecule has 1 fully saturated rings. The van der Waals surface area contributed by atoms with Gasteiger partial charge < -0.3 is 20.3 Å². The molecule has 1 aromatic carbocycles. The van der Waals surface area contributed by atoms with Crippen molar-refractivity contribution in [2.24, 2.45) is 0 Å². The lowest BCUT2D eigenvalue weighted by molar-refractivity contribution is -0.137. The van der Waals surface area contributed by atoms with E-state index in [9.17, 15) is 22.8 Å². The maximum Gasteiger partial charge on any atom is 0.416 e. The number of ether oxygens (including phenoxy) is 1. The van der Waals surface area contributed by atoms with Crippen molar-refractivity contribution in [1.29, 1.82) is 0 Å². The highest BCUT2D eigenvalue weighted by atomic mass is 19.4. The second-order valence-electron chi connectivity index (χ2n) is 9.09. The highest BCUT2D eigenvalue weighted by Crippen LogP contribution is 2.30. The molecule has 0 unspecified atom stereocenters. The Labute approximate surface area is 229 Å². The molecule has 0 spiro atoms. The third kappa shape index (κ3) is 8.10. The van der Waals surface area contributed by atoms with Crippen molar-refractivity contribution in [3.63, 3.8) is 0 Å². The molecule has 0 radical (unpaired) electrons. The fourth-order valence-electron chi connectivity index (χ4n) is 4.09. The lowest BCUT2D eigenvalue weighted by atomic mass is 10.1. The highest BCUT2D eigenvalue weighted by Gasteiger charge is 2.30. The van der Waals surface area contributed by atoms with Crippen molar-refractivity contribution in [2.45, 2.75) is 6.18 Å². The summed E-state index contributed by atoms with van der Waals surface area (Å²) in [5, 5.41) is 5.12. The van der Waals surface area contributed by atoms with Gasteiger partial charge in [0.2, 0.25) is 5.91 Å². The van der Waals surface area contributed by atoms with E-state index in [1.54, 1.807) is 19.4 Å². The van der Waals surface area contributed by atoms with Gasteiger partial charge in [-0.1, -0.05) is 6.07 Å². The number of carbonyl (C=O) groups is 2. The zero-order valence-corrected chi connectivity index (χ0v) is 21.8. The number of piperazine rings is 1. The number of pyridine rings is 2. The Morgan fingerprint density at radius 2 is 1.82 bits per heavy atom. The fraction of sp³-hybridized carbons (Fsp3) is 0.286. The number of carbonyl (C=O) groups excluding carboxylic acids is 2. The van der Waals surface area contributed by atoms with Crippen LogP contribution < -0.4 is 15.5 Å². The van der Waals surface area contributed by atoms with E-state index >= 15 is 0 Å². The van der Waals surface area contributed by atoms with Crippen LogP contribution in [0.15, 0.2) is 67.1 Å². The van der Waals surface area contributed by atoms with Gasteiger partial charge in [0.05, 0.1) is 29.6 Å². The van der Waals surface area contributed by atoms with Crippen molar-refractivity contribution < 1.29 is 27.5 Å². The Kier molecular flexibility index (Phi) is 9.46. The third-order valence-corrected chi connectivity index (χ3v) is 6.24. The number of halogens is 3. The summed E-state index contributed by atoms with van der Waals surface area (Å²) in [6, 6.07) is 9.46. The smallest absolute Gasteiger partial charge is 0.383 e. The SMILES string of the molecule is COCCN1CCN(c2ccc(NC(=O)C=Cc3cncc(C(=O)Nc4cccc(C(F)(F)F)c4)c3)nc2)CC1. The van der Waals surface area contributed by atoms with Crippen molar-refractivity contribution in [3.05, 3.63) is 83.8 Å². The van der Waals surface area contributed by atoms with Gasteiger partial charge in [-0.05, 0) is 48.0 Å². The summed E-state index contributed by atoms with van der Waals surface area (Å²) in [6.45, 7) is 5.26. The van der Waals surface area contributed by atoms with E-state index in [-0.39, 0.29) is 11.3 Å². The van der Waals surface area contributed by atoms with E-state index in [0.29, 0.717) is 18.0 Å². The third-order valence-electron chi connectivity index (χ3n) is 6.24. The largest absolute Gasteiger partial charge is 0.416 e. The summed E-state index contributed by atoms with van der Waals surface area (Å²) in [4.78, 5) is 37.9. The second-order valence-corrected chi connectivity index (χ2v) is 9.09. The van der Waals surface area contributed by atoms with Crippen molar-refractivity contribution >= 4 is 35.1 Å². The van der Waals surface area contributed by atoms with Crippen LogP contribution in [0.3, 0.4) is 0 Å². The van der Waals surface area contributed by atoms with Crippen LogP contribution in [0.2, 0.25) is 0 Å². The standard InChI is InChI=1S/C28H29F3N6O3/c1-40-14-13-36-9-11-37(12-10-36)24-6-7-25(33-19-24)35-26(38)8-5-20-15-21(18-32-17-20)27(39)34-23-4-2-3-22(16-23)28(29,30)31/h2-8,15-19H,9-14H2,1H3,(H,34,39)(H,33,35,38). The van der Waals surface area contributed by atoms with Gasteiger partial charge in [-0.2, -0.15) is 13.2 Å². The molecule has 40 heavy (non-hydrogen) atoms. The van der Waals surface area contributed by atoms with E-state index < -0.39 is 23.6 Å². The topological polar surface area (TPSA) is 99.7 Å². The average Bonchev–Trinajstić information content (AvgIpc) is 2.95. The zero-order chi connectivity index (χ0) is 28.5. The summed E-state index contributed by atoms with van der Waals surface area (Å²) < 4.78 is 43.9. The minimum Gasteiger partial charge on any atom is -0.383 e. The molecule has 0 bridgehead atoms. The Hall–Kier alpha value is -4.29. The number of rotatable bonds is 9. The Morgan fingerprint density at radius 1 is 1.02 bits per heavy atom. The molecular formula is C28H29F3N6O3. The summed E-state index contributed by atoms with van der Waals surface area (Å²) in [5.41, 5.74) is 0.692. The van der Waals surface area contributed by atoms with Crippen LogP contribution in [0.25, 0.3) is 6.08 Å². The van der Waals surface area contributed by atoms with Crippen LogP contribution in [-0.4, -0.2) is 73.1 Å². The summed E-state index contributed by atoms with van der Waals surface area (Å²) in [7, 11) is 1.70. The summed E-state index contributed by atoms with van der Waals surface area (Å²) in [5.74, 6) is -0.664. The maximum absolute atomic E-state index is 12.9. The number of nitrogens with one attached hydrogen (secondary N) is 2. The molecule has 2 aromatic heterocycles. The quantitative estimate of drug-likeness (QED) is 0.383. The number of hydrogen-bond donors (Lipinski definition) is 2. The van der Waals surface area contributed by atoms with E-state index in [1.807, 2.05) is 6.07 Å². The molecule has 210 valence electrons. The first-order valence-corrected chi connectivity index (χ1v) is 12.6. The number of alkyl halides is 3. The molecule has 12 heteroatoms. The van der Waals surface area contributed by atoms with E-state index in [2.05, 4.69) is 30.4 Å². The van der Waals surface area contributed by atoms with Gasteiger partial charge in [0.15, 0.2) is 0 Å². The number of anilines is 3. The molecule has 2 amide bonds. The van der Waals surface area contributed by atoms with Gasteiger partial charge in [-0.3, -0.25) is 19.5 Å². The van der Waals surface area contributed by atoms with Gasteiger partial charge in [-0.25, -0.2) is 4.98 Å². The Morgan fingerprint density at radius 3 is 2.52 bits per heavy atom. The van der Waals surface area contributed by atoms with Crippen molar-refractivity contribution in [1.82, 2.24) is 14.9 Å².